The summed E-state index contributed by atoms with van der Waals surface area (Å²) in [5, 5.41) is 0. The van der Waals surface area contributed by atoms with Crippen LogP contribution in [0.15, 0.2) is 25.0 Å². The molecule has 7 heavy (non-hydrogen) atoms. The van der Waals surface area contributed by atoms with Gasteiger partial charge in [0.25, 0.3) is 0 Å². The highest BCUT2D eigenvalue weighted by atomic mass is 16.5. The van der Waals surface area contributed by atoms with E-state index in [1.807, 2.05) is 19.1 Å². The molecule has 1 heteroatoms. The van der Waals surface area contributed by atoms with E-state index < -0.39 is 0 Å². The van der Waals surface area contributed by atoms with E-state index in [1.54, 1.807) is 0 Å². The minimum atomic E-state index is 0.639. The second-order valence-corrected chi connectivity index (χ2v) is 1.07. The molecule has 0 spiro atoms. The summed E-state index contributed by atoms with van der Waals surface area (Å²) in [5.41, 5.74) is 0. The van der Waals surface area contributed by atoms with Gasteiger partial charge in [-0.05, 0) is 6.92 Å². The summed E-state index contributed by atoms with van der Waals surface area (Å²) >= 11 is 0. The molecule has 0 aliphatic rings. The quantitative estimate of drug-likeness (QED) is 0.296. The van der Waals surface area contributed by atoms with Crippen molar-refractivity contribution in [2.75, 3.05) is 6.61 Å². The van der Waals surface area contributed by atoms with Gasteiger partial charge in [-0.15, -0.1) is 0 Å². The monoisotopic (exact) mass is 98.1 g/mol. The van der Waals surface area contributed by atoms with Gasteiger partial charge in [0, 0.05) is 0 Å². The summed E-state index contributed by atoms with van der Waals surface area (Å²) in [4.78, 5) is 0. The highest BCUT2D eigenvalue weighted by Gasteiger charge is 1.64. The SMILES string of the molecule is C=COC/C=C/C. The van der Waals surface area contributed by atoms with Crippen molar-refractivity contribution < 1.29 is 4.74 Å². The van der Waals surface area contributed by atoms with E-state index in [-0.39, 0.29) is 0 Å². The van der Waals surface area contributed by atoms with Crippen molar-refractivity contribution in [3.8, 4) is 0 Å². The van der Waals surface area contributed by atoms with E-state index in [2.05, 4.69) is 6.58 Å². The van der Waals surface area contributed by atoms with E-state index in [0.29, 0.717) is 6.61 Å². The highest BCUT2D eigenvalue weighted by Crippen LogP contribution is 1.74. The van der Waals surface area contributed by atoms with E-state index in [1.165, 1.54) is 6.26 Å². The molecule has 0 saturated heterocycles. The van der Waals surface area contributed by atoms with Crippen LogP contribution in [-0.2, 0) is 4.74 Å². The Morgan fingerprint density at radius 1 is 1.71 bits per heavy atom. The Morgan fingerprint density at radius 2 is 2.43 bits per heavy atom. The van der Waals surface area contributed by atoms with Gasteiger partial charge in [0.05, 0.1) is 6.26 Å². The second kappa shape index (κ2) is 5.28. The Balaban J connectivity index is 2.82. The van der Waals surface area contributed by atoms with Gasteiger partial charge in [-0.2, -0.15) is 0 Å². The smallest absolute Gasteiger partial charge is 0.105 e. The Labute approximate surface area is 44.3 Å². The maximum absolute atomic E-state index is 4.75. The van der Waals surface area contributed by atoms with Crippen LogP contribution < -0.4 is 0 Å². The molecule has 0 aromatic heterocycles. The molecule has 0 atom stereocenters. The summed E-state index contributed by atoms with van der Waals surface area (Å²) in [5.74, 6) is 0. The Bertz CT molecular complexity index is 64.6. The Hall–Kier alpha value is -0.720. The number of hydrogen-bond acceptors (Lipinski definition) is 1. The van der Waals surface area contributed by atoms with Crippen LogP contribution in [0.25, 0.3) is 0 Å². The average molecular weight is 98.1 g/mol. The summed E-state index contributed by atoms with van der Waals surface area (Å²) < 4.78 is 4.75. The van der Waals surface area contributed by atoms with Crippen molar-refractivity contribution in [1.82, 2.24) is 0 Å². The zero-order chi connectivity index (χ0) is 5.54. The molecule has 0 aromatic carbocycles. The normalized spacial score (nSPS) is 9.29. The first-order chi connectivity index (χ1) is 3.41. The third kappa shape index (κ3) is 5.28. The zero-order valence-corrected chi connectivity index (χ0v) is 4.55. The lowest BCUT2D eigenvalue weighted by Crippen LogP contribution is -1.76. The molecule has 0 radical (unpaired) electrons. The molecule has 0 aliphatic carbocycles. The van der Waals surface area contributed by atoms with E-state index in [9.17, 15) is 0 Å². The summed E-state index contributed by atoms with van der Waals surface area (Å²) in [7, 11) is 0. The number of ether oxygens (including phenoxy) is 1. The van der Waals surface area contributed by atoms with Gasteiger partial charge in [-0.1, -0.05) is 18.7 Å². The van der Waals surface area contributed by atoms with Gasteiger partial charge in [-0.3, -0.25) is 0 Å². The predicted octanol–water partition coefficient (Wildman–Crippen LogP) is 1.72. The lowest BCUT2D eigenvalue weighted by Gasteiger charge is -1.88. The first-order valence-corrected chi connectivity index (χ1v) is 2.25. The number of rotatable bonds is 3. The van der Waals surface area contributed by atoms with E-state index >= 15 is 0 Å². The van der Waals surface area contributed by atoms with Gasteiger partial charge in [0.1, 0.15) is 6.61 Å². The van der Waals surface area contributed by atoms with Crippen LogP contribution in [0.4, 0.5) is 0 Å². The van der Waals surface area contributed by atoms with Crippen molar-refractivity contribution in [2.24, 2.45) is 0 Å². The zero-order valence-electron chi connectivity index (χ0n) is 4.55. The third-order valence-electron chi connectivity index (χ3n) is 0.546. The van der Waals surface area contributed by atoms with Gasteiger partial charge in [-0.25, -0.2) is 0 Å². The second-order valence-electron chi connectivity index (χ2n) is 1.07. The maximum atomic E-state index is 4.75. The number of allylic oxidation sites excluding steroid dienone is 1. The van der Waals surface area contributed by atoms with Crippen molar-refractivity contribution in [2.45, 2.75) is 6.92 Å². The van der Waals surface area contributed by atoms with Crippen LogP contribution in [0.5, 0.6) is 0 Å². The molecule has 0 amide bonds. The van der Waals surface area contributed by atoms with Crippen LogP contribution in [-0.4, -0.2) is 6.61 Å². The topological polar surface area (TPSA) is 9.23 Å². The number of hydrogen-bond donors (Lipinski definition) is 0. The van der Waals surface area contributed by atoms with Crippen LogP contribution in [0.3, 0.4) is 0 Å². The lowest BCUT2D eigenvalue weighted by molar-refractivity contribution is 0.291. The third-order valence-corrected chi connectivity index (χ3v) is 0.546. The fourth-order valence-electron chi connectivity index (χ4n) is 0.220. The summed E-state index contributed by atoms with van der Waals surface area (Å²) in [6.07, 6.45) is 5.28. The Kier molecular flexibility index (Phi) is 4.74. The van der Waals surface area contributed by atoms with Crippen molar-refractivity contribution >= 4 is 0 Å². The largest absolute Gasteiger partial charge is 0.498 e. The first kappa shape index (κ1) is 6.28. The van der Waals surface area contributed by atoms with Crippen molar-refractivity contribution in [1.29, 1.82) is 0 Å². The molecule has 0 rings (SSSR count). The van der Waals surface area contributed by atoms with Crippen LogP contribution >= 0.6 is 0 Å². The minimum Gasteiger partial charge on any atom is -0.498 e. The average Bonchev–Trinajstić information content (AvgIpc) is 1.69. The van der Waals surface area contributed by atoms with Crippen molar-refractivity contribution in [3.05, 3.63) is 25.0 Å². The summed E-state index contributed by atoms with van der Waals surface area (Å²) in [6.45, 7) is 5.97. The lowest BCUT2D eigenvalue weighted by atomic mass is 10.6. The molecule has 40 valence electrons. The van der Waals surface area contributed by atoms with E-state index in [4.69, 9.17) is 4.74 Å². The molecule has 0 aromatic rings. The van der Waals surface area contributed by atoms with Crippen molar-refractivity contribution in [3.63, 3.8) is 0 Å². The standard InChI is InChI=1S/C6H10O/c1-3-5-6-7-4-2/h3-5H,2,6H2,1H3/b5-3+. The van der Waals surface area contributed by atoms with Gasteiger partial charge >= 0.3 is 0 Å². The fourth-order valence-corrected chi connectivity index (χ4v) is 0.220. The first-order valence-electron chi connectivity index (χ1n) is 2.25. The molecule has 0 fully saturated rings. The molecule has 0 N–H and O–H groups in total. The molecule has 0 heterocycles. The van der Waals surface area contributed by atoms with Gasteiger partial charge < -0.3 is 4.74 Å². The molecular formula is C6H10O. The van der Waals surface area contributed by atoms with Crippen LogP contribution in [0.2, 0.25) is 0 Å². The molecule has 0 saturated carbocycles. The van der Waals surface area contributed by atoms with Crippen LogP contribution in [0, 0.1) is 0 Å². The van der Waals surface area contributed by atoms with Gasteiger partial charge in [0.2, 0.25) is 0 Å². The fraction of sp³-hybridized carbons (Fsp3) is 0.333. The maximum Gasteiger partial charge on any atom is 0.105 e. The van der Waals surface area contributed by atoms with Gasteiger partial charge in [0.15, 0.2) is 0 Å². The van der Waals surface area contributed by atoms with E-state index in [0.717, 1.165) is 0 Å². The minimum absolute atomic E-state index is 0.639. The highest BCUT2D eigenvalue weighted by molar-refractivity contribution is 4.76. The molecule has 0 bridgehead atoms. The Morgan fingerprint density at radius 3 is 2.86 bits per heavy atom. The molecule has 0 aliphatic heterocycles. The molecule has 1 nitrogen and oxygen atoms in total. The van der Waals surface area contributed by atoms with Crippen LogP contribution in [0.1, 0.15) is 6.92 Å². The summed E-state index contributed by atoms with van der Waals surface area (Å²) in [6, 6.07) is 0. The predicted molar refractivity (Wildman–Crippen MR) is 31.0 cm³/mol. The molecule has 0 unspecified atom stereocenters. The molecular weight excluding hydrogens is 88.1 g/mol.